The summed E-state index contributed by atoms with van der Waals surface area (Å²) in [5.74, 6) is 0. The van der Waals surface area contributed by atoms with E-state index in [2.05, 4.69) is 25.4 Å². The number of nitrogens with two attached hydrogens (primary N) is 2. The zero-order chi connectivity index (χ0) is 20.8. The van der Waals surface area contributed by atoms with Crippen molar-refractivity contribution in [2.24, 2.45) is 5.73 Å². The lowest BCUT2D eigenvalue weighted by Gasteiger charge is -2.02. The Kier molecular flexibility index (Phi) is 6.18. The number of amides is 1. The summed E-state index contributed by atoms with van der Waals surface area (Å²) in [5, 5.41) is 6.84. The first-order valence-electron chi connectivity index (χ1n) is 9.19. The summed E-state index contributed by atoms with van der Waals surface area (Å²) < 4.78 is 2.01. The van der Waals surface area contributed by atoms with Gasteiger partial charge in [-0.05, 0) is 44.5 Å². The number of anilines is 2. The van der Waals surface area contributed by atoms with Crippen molar-refractivity contribution in [1.29, 1.82) is 0 Å². The minimum absolute atomic E-state index is 0.542. The zero-order valence-electron chi connectivity index (χ0n) is 16.4. The van der Waals surface area contributed by atoms with Gasteiger partial charge >= 0.3 is 0 Å². The average Bonchev–Trinajstić information content (AvgIpc) is 3.47. The van der Waals surface area contributed by atoms with Gasteiger partial charge in [0.25, 0.3) is 0 Å². The lowest BCUT2D eigenvalue weighted by molar-refractivity contribution is -0.105. The Morgan fingerprint density at radius 3 is 2.62 bits per heavy atom. The van der Waals surface area contributed by atoms with Crippen LogP contribution in [0.15, 0.2) is 43.3 Å². The van der Waals surface area contributed by atoms with E-state index in [1.807, 2.05) is 24.0 Å². The molecule has 0 aromatic carbocycles. The Morgan fingerprint density at radius 1 is 1.21 bits per heavy atom. The highest BCUT2D eigenvalue weighted by molar-refractivity contribution is 5.74. The largest absolute Gasteiger partial charge is 0.404 e. The van der Waals surface area contributed by atoms with E-state index in [1.165, 1.54) is 19.0 Å². The summed E-state index contributed by atoms with van der Waals surface area (Å²) in [5.41, 5.74) is 16.4. The summed E-state index contributed by atoms with van der Waals surface area (Å²) in [6.07, 6.45) is 13.5. The Morgan fingerprint density at radius 2 is 2.00 bits per heavy atom. The topological polar surface area (TPSA) is 138 Å². The van der Waals surface area contributed by atoms with E-state index < -0.39 is 0 Å². The van der Waals surface area contributed by atoms with Crippen LogP contribution in [0.5, 0.6) is 0 Å². The van der Waals surface area contributed by atoms with E-state index in [9.17, 15) is 4.79 Å². The maximum Gasteiger partial charge on any atom is 0.211 e. The fourth-order valence-electron chi connectivity index (χ4n) is 2.53. The van der Waals surface area contributed by atoms with E-state index in [4.69, 9.17) is 11.5 Å². The number of pyridine rings is 1. The van der Waals surface area contributed by atoms with Crippen LogP contribution in [0.2, 0.25) is 0 Å². The van der Waals surface area contributed by atoms with Gasteiger partial charge in [0.1, 0.15) is 0 Å². The monoisotopic (exact) mass is 392 g/mol. The van der Waals surface area contributed by atoms with Gasteiger partial charge in [0.15, 0.2) is 0 Å². The third-order valence-electron chi connectivity index (χ3n) is 4.45. The fraction of sp³-hybridized carbons (Fsp3) is 0.250. The maximum atomic E-state index is 10.1. The Balaban J connectivity index is 0.000000188. The SMILES string of the molecule is C/C(=C/N)c1cnc(-c2cnn(C3CC3)c2)cn1.Cc1ncc(N)cc1NC=O. The first-order chi connectivity index (χ1) is 14.0. The lowest BCUT2D eigenvalue weighted by atomic mass is 10.2. The number of nitrogen functional groups attached to an aromatic ring is 1. The number of hydrogen-bond acceptors (Lipinski definition) is 7. The Hall–Kier alpha value is -3.75. The second-order valence-corrected chi connectivity index (χ2v) is 6.74. The quantitative estimate of drug-likeness (QED) is 0.567. The third kappa shape index (κ3) is 5.16. The molecule has 1 saturated carbocycles. The van der Waals surface area contributed by atoms with Crippen LogP contribution in [0.4, 0.5) is 11.4 Å². The van der Waals surface area contributed by atoms with Gasteiger partial charge < -0.3 is 16.8 Å². The van der Waals surface area contributed by atoms with Crippen LogP contribution in [0.1, 0.15) is 37.2 Å². The van der Waals surface area contributed by atoms with E-state index in [-0.39, 0.29) is 0 Å². The number of allylic oxidation sites excluding steroid dienone is 1. The number of rotatable bonds is 5. The molecule has 0 aliphatic heterocycles. The van der Waals surface area contributed by atoms with Crippen LogP contribution in [-0.4, -0.2) is 31.1 Å². The predicted molar refractivity (Wildman–Crippen MR) is 112 cm³/mol. The Labute approximate surface area is 168 Å². The first kappa shape index (κ1) is 20.0. The molecule has 5 N–H and O–H groups in total. The van der Waals surface area contributed by atoms with Crippen molar-refractivity contribution in [3.8, 4) is 11.3 Å². The van der Waals surface area contributed by atoms with Crippen LogP contribution in [-0.2, 0) is 4.79 Å². The molecule has 3 aromatic rings. The van der Waals surface area contributed by atoms with Crippen LogP contribution < -0.4 is 16.8 Å². The van der Waals surface area contributed by atoms with Crippen LogP contribution in [0.25, 0.3) is 16.8 Å². The summed E-state index contributed by atoms with van der Waals surface area (Å²) in [6, 6.07) is 2.25. The lowest BCUT2D eigenvalue weighted by Crippen LogP contribution is -1.99. The highest BCUT2D eigenvalue weighted by Gasteiger charge is 2.24. The fourth-order valence-corrected chi connectivity index (χ4v) is 2.53. The minimum atomic E-state index is 0.542. The third-order valence-corrected chi connectivity index (χ3v) is 4.45. The highest BCUT2D eigenvalue weighted by atomic mass is 16.1. The normalized spacial score (nSPS) is 13.4. The minimum Gasteiger partial charge on any atom is -0.404 e. The standard InChI is InChI=1S/C13H15N5.C7H9N3O/c1-9(4-14)12-6-16-13(7-15-12)10-5-17-18(8-10)11-2-3-11;1-5-7(10-4-11)2-6(8)3-9-5/h4-8,11H,2-3,14H2,1H3;2-4H,8H2,1H3,(H,10,11)/b9-4-;. The maximum absolute atomic E-state index is 10.1. The molecular formula is C20H24N8O. The molecule has 29 heavy (non-hydrogen) atoms. The molecule has 0 radical (unpaired) electrons. The van der Waals surface area contributed by atoms with Gasteiger partial charge in [-0.2, -0.15) is 5.10 Å². The molecule has 1 amide bonds. The second-order valence-electron chi connectivity index (χ2n) is 6.74. The summed E-state index contributed by atoms with van der Waals surface area (Å²) in [7, 11) is 0. The van der Waals surface area contributed by atoms with Crippen LogP contribution >= 0.6 is 0 Å². The molecule has 0 spiro atoms. The average molecular weight is 392 g/mol. The summed E-state index contributed by atoms with van der Waals surface area (Å²) >= 11 is 0. The number of aryl methyl sites for hydroxylation is 1. The van der Waals surface area contributed by atoms with Crippen molar-refractivity contribution in [3.63, 3.8) is 0 Å². The highest BCUT2D eigenvalue weighted by Crippen LogP contribution is 2.34. The van der Waals surface area contributed by atoms with Gasteiger partial charge in [-0.15, -0.1) is 0 Å². The van der Waals surface area contributed by atoms with Crippen molar-refractivity contribution in [2.75, 3.05) is 11.1 Å². The van der Waals surface area contributed by atoms with Crippen LogP contribution in [0, 0.1) is 6.92 Å². The first-order valence-corrected chi connectivity index (χ1v) is 9.19. The molecule has 150 valence electrons. The van der Waals surface area contributed by atoms with E-state index >= 15 is 0 Å². The van der Waals surface area contributed by atoms with E-state index in [0.717, 1.165) is 28.2 Å². The van der Waals surface area contributed by atoms with Gasteiger partial charge in [-0.1, -0.05) is 0 Å². The van der Waals surface area contributed by atoms with Gasteiger partial charge in [0.05, 0.1) is 59.3 Å². The van der Waals surface area contributed by atoms with Gasteiger partial charge in [-0.25, -0.2) is 0 Å². The molecule has 1 fully saturated rings. The number of nitrogens with zero attached hydrogens (tertiary/aromatic N) is 5. The number of nitrogens with one attached hydrogen (secondary N) is 1. The van der Waals surface area contributed by atoms with E-state index in [1.54, 1.807) is 31.6 Å². The molecule has 0 bridgehead atoms. The molecule has 0 saturated heterocycles. The van der Waals surface area contributed by atoms with E-state index in [0.29, 0.717) is 23.8 Å². The number of aromatic nitrogens is 5. The molecule has 1 aliphatic rings. The Bertz CT molecular complexity index is 1010. The molecule has 1 aliphatic carbocycles. The van der Waals surface area contributed by atoms with Crippen molar-refractivity contribution in [2.45, 2.75) is 32.7 Å². The molecular weight excluding hydrogens is 368 g/mol. The molecule has 9 nitrogen and oxygen atoms in total. The molecule has 0 atom stereocenters. The molecule has 4 rings (SSSR count). The number of hydrogen-bond donors (Lipinski definition) is 3. The summed E-state index contributed by atoms with van der Waals surface area (Å²) in [4.78, 5) is 22.8. The molecule has 9 heteroatoms. The number of carbonyl (C=O) groups excluding carboxylic acids is 1. The smallest absolute Gasteiger partial charge is 0.211 e. The van der Waals surface area contributed by atoms with Gasteiger partial charge in [0, 0.05) is 11.8 Å². The second kappa shape index (κ2) is 8.96. The van der Waals surface area contributed by atoms with Crippen molar-refractivity contribution >= 4 is 23.4 Å². The predicted octanol–water partition coefficient (Wildman–Crippen LogP) is 2.54. The van der Waals surface area contributed by atoms with Gasteiger partial charge in [-0.3, -0.25) is 24.4 Å². The molecule has 3 heterocycles. The zero-order valence-corrected chi connectivity index (χ0v) is 16.4. The van der Waals surface area contributed by atoms with Crippen LogP contribution in [0.3, 0.4) is 0 Å². The molecule has 0 unspecified atom stereocenters. The number of carbonyl (C=O) groups is 1. The van der Waals surface area contributed by atoms with Gasteiger partial charge in [0.2, 0.25) is 6.41 Å². The summed E-state index contributed by atoms with van der Waals surface area (Å²) in [6.45, 7) is 3.71. The van der Waals surface area contributed by atoms with Crippen molar-refractivity contribution < 1.29 is 4.79 Å². The van der Waals surface area contributed by atoms with Crippen molar-refractivity contribution in [1.82, 2.24) is 24.7 Å². The molecule has 3 aromatic heterocycles. The van der Waals surface area contributed by atoms with Crippen molar-refractivity contribution in [3.05, 3.63) is 54.6 Å².